The summed E-state index contributed by atoms with van der Waals surface area (Å²) in [7, 11) is 1.36. The first-order valence-corrected chi connectivity index (χ1v) is 7.40. The van der Waals surface area contributed by atoms with Crippen molar-refractivity contribution in [3.05, 3.63) is 57.0 Å². The Morgan fingerprint density at radius 2 is 2.00 bits per heavy atom. The minimum Gasteiger partial charge on any atom is -0.772 e. The summed E-state index contributed by atoms with van der Waals surface area (Å²) in [6, 6.07) is 2.14. The monoisotopic (exact) mass is 347 g/mol. The van der Waals surface area contributed by atoms with Gasteiger partial charge in [0.2, 0.25) is 0 Å². The lowest BCUT2D eigenvalue weighted by Gasteiger charge is -2.13. The molecule has 0 aliphatic rings. The van der Waals surface area contributed by atoms with E-state index in [-0.39, 0.29) is 16.7 Å². The van der Waals surface area contributed by atoms with Crippen molar-refractivity contribution in [2.75, 3.05) is 0 Å². The van der Waals surface area contributed by atoms with Crippen molar-refractivity contribution in [2.45, 2.75) is 11.9 Å². The van der Waals surface area contributed by atoms with E-state index in [1.807, 2.05) is 0 Å². The Morgan fingerprint density at radius 3 is 2.48 bits per heavy atom. The summed E-state index contributed by atoms with van der Waals surface area (Å²) >= 11 is -2.70. The van der Waals surface area contributed by atoms with Crippen LogP contribution in [0.25, 0.3) is 0 Å². The minimum atomic E-state index is -4.68. The average Bonchev–Trinajstić information content (AvgIpc) is 2.76. The molecule has 23 heavy (non-hydrogen) atoms. The van der Waals surface area contributed by atoms with Gasteiger partial charge in [-0.25, -0.2) is 0 Å². The van der Waals surface area contributed by atoms with Crippen LogP contribution in [0.4, 0.5) is 13.2 Å². The third kappa shape index (κ3) is 3.59. The van der Waals surface area contributed by atoms with Crippen LogP contribution < -0.4 is 5.56 Å². The second-order valence-electron chi connectivity index (χ2n) is 4.70. The molecule has 0 fully saturated rings. The van der Waals surface area contributed by atoms with Crippen LogP contribution in [0.15, 0.2) is 29.2 Å². The van der Waals surface area contributed by atoms with Gasteiger partial charge in [-0.15, -0.1) is 0 Å². The highest BCUT2D eigenvalue weighted by molar-refractivity contribution is 7.78. The number of nitrogens with one attached hydrogen (secondary N) is 1. The number of nitrogens with zero attached hydrogens (tertiary/aromatic N) is 1. The lowest BCUT2D eigenvalue weighted by Crippen LogP contribution is -2.20. The minimum absolute atomic E-state index is 0.265. The largest absolute Gasteiger partial charge is 0.772 e. The Bertz CT molecular complexity index is 838. The number of aryl methyl sites for hydroxylation is 1. The topological polar surface area (TPSA) is 95.0 Å². The maximum atomic E-state index is 12.7. The van der Waals surface area contributed by atoms with Crippen LogP contribution in [-0.2, 0) is 30.1 Å². The van der Waals surface area contributed by atoms with Gasteiger partial charge in [-0.1, -0.05) is 17.1 Å². The van der Waals surface area contributed by atoms with Crippen LogP contribution in [-0.4, -0.2) is 24.3 Å². The molecule has 0 radical (unpaired) electrons. The lowest BCUT2D eigenvalue weighted by molar-refractivity contribution is -0.137. The number of hydrogen-bond acceptors (Lipinski definition) is 4. The number of alkyl halides is 3. The highest BCUT2D eigenvalue weighted by Crippen LogP contribution is 2.31. The molecule has 1 atom stereocenters. The zero-order chi connectivity index (χ0) is 17.4. The van der Waals surface area contributed by atoms with E-state index in [1.165, 1.54) is 7.05 Å². The fraction of sp³-hybridized carbons (Fsp3) is 0.231. The van der Waals surface area contributed by atoms with Gasteiger partial charge in [0.25, 0.3) is 5.56 Å². The van der Waals surface area contributed by atoms with Crippen LogP contribution >= 0.6 is 0 Å². The molecule has 0 amide bonds. The molecule has 0 aliphatic heterocycles. The second-order valence-corrected chi connectivity index (χ2v) is 5.59. The lowest BCUT2D eigenvalue weighted by atomic mass is 9.98. The van der Waals surface area contributed by atoms with E-state index in [1.54, 1.807) is 0 Å². The number of aromatic amines is 1. The first-order chi connectivity index (χ1) is 10.6. The van der Waals surface area contributed by atoms with Gasteiger partial charge in [0.05, 0.1) is 5.56 Å². The summed E-state index contributed by atoms with van der Waals surface area (Å²) in [5, 5.41) is 2.47. The predicted octanol–water partition coefficient (Wildman–Crippen LogP) is 1.34. The third-order valence-electron chi connectivity index (χ3n) is 3.13. The van der Waals surface area contributed by atoms with Gasteiger partial charge < -0.3 is 9.65 Å². The highest BCUT2D eigenvalue weighted by atomic mass is 32.2. The third-order valence-corrected chi connectivity index (χ3v) is 3.68. The highest BCUT2D eigenvalue weighted by Gasteiger charge is 2.31. The Kier molecular flexibility index (Phi) is 4.57. The Balaban J connectivity index is 2.57. The summed E-state index contributed by atoms with van der Waals surface area (Å²) < 4.78 is 60.9. The van der Waals surface area contributed by atoms with Crippen LogP contribution in [0.2, 0.25) is 0 Å². The molecular formula is C13H10F3N2O4S-. The average molecular weight is 347 g/mol. The number of benzene rings is 1. The SMILES string of the molecule is Cn1[nH]cc(C(=O)c2ccc(C(F)(F)F)cc2CS(=O)[O-])c1=O. The van der Waals surface area contributed by atoms with Crippen molar-refractivity contribution < 1.29 is 26.7 Å². The molecule has 1 N–H and O–H groups in total. The van der Waals surface area contributed by atoms with Crippen molar-refractivity contribution in [2.24, 2.45) is 7.05 Å². The molecule has 124 valence electrons. The van der Waals surface area contributed by atoms with E-state index in [0.717, 1.165) is 16.9 Å². The van der Waals surface area contributed by atoms with Crippen molar-refractivity contribution in [1.82, 2.24) is 9.78 Å². The number of rotatable bonds is 4. The normalized spacial score (nSPS) is 13.1. The number of H-pyrrole nitrogens is 1. The molecule has 1 unspecified atom stereocenters. The van der Waals surface area contributed by atoms with Crippen molar-refractivity contribution >= 4 is 16.9 Å². The van der Waals surface area contributed by atoms with Crippen molar-refractivity contribution in [3.8, 4) is 0 Å². The van der Waals surface area contributed by atoms with Crippen molar-refractivity contribution in [1.29, 1.82) is 0 Å². The van der Waals surface area contributed by atoms with Crippen LogP contribution in [0.3, 0.4) is 0 Å². The number of carbonyl (C=O) groups excluding carboxylic acids is 1. The number of aromatic nitrogens is 2. The number of carbonyl (C=O) groups is 1. The molecular weight excluding hydrogens is 337 g/mol. The van der Waals surface area contributed by atoms with E-state index >= 15 is 0 Å². The van der Waals surface area contributed by atoms with Crippen LogP contribution in [0.5, 0.6) is 0 Å². The second kappa shape index (κ2) is 6.13. The first-order valence-electron chi connectivity index (χ1n) is 6.16. The quantitative estimate of drug-likeness (QED) is 0.667. The fourth-order valence-corrected chi connectivity index (χ4v) is 2.50. The molecule has 1 heterocycles. The molecule has 2 rings (SSSR count). The summed E-state index contributed by atoms with van der Waals surface area (Å²) in [6.07, 6.45) is -3.56. The molecule has 0 bridgehead atoms. The van der Waals surface area contributed by atoms with Gasteiger partial charge in [-0.2, -0.15) is 13.2 Å². The Labute approximate surface area is 130 Å². The zero-order valence-electron chi connectivity index (χ0n) is 11.6. The molecule has 0 spiro atoms. The molecule has 10 heteroatoms. The van der Waals surface area contributed by atoms with Crippen LogP contribution in [0.1, 0.15) is 27.0 Å². The molecule has 6 nitrogen and oxygen atoms in total. The Morgan fingerprint density at radius 1 is 1.35 bits per heavy atom. The van der Waals surface area contributed by atoms with E-state index in [4.69, 9.17) is 0 Å². The maximum Gasteiger partial charge on any atom is 0.416 e. The standard InChI is InChI=1S/C13H11F3N2O4S/c1-18-12(20)10(5-17-18)11(19)9-3-2-8(13(14,15)16)4-7(9)6-23(21)22/h2-5,17H,6H2,1H3,(H,21,22)/p-1. The van der Waals surface area contributed by atoms with Gasteiger partial charge in [0, 0.05) is 24.6 Å². The summed E-state index contributed by atoms with van der Waals surface area (Å²) in [5.41, 5.74) is -2.61. The number of halogens is 3. The molecule has 1 aromatic heterocycles. The van der Waals surface area contributed by atoms with E-state index < -0.39 is 39.9 Å². The van der Waals surface area contributed by atoms with E-state index in [9.17, 15) is 31.5 Å². The smallest absolute Gasteiger partial charge is 0.416 e. The number of ketones is 1. The van der Waals surface area contributed by atoms with Gasteiger partial charge in [0.15, 0.2) is 5.78 Å². The summed E-state index contributed by atoms with van der Waals surface area (Å²) in [6.45, 7) is 0. The van der Waals surface area contributed by atoms with Gasteiger partial charge >= 0.3 is 6.18 Å². The van der Waals surface area contributed by atoms with Crippen molar-refractivity contribution in [3.63, 3.8) is 0 Å². The van der Waals surface area contributed by atoms with E-state index in [0.29, 0.717) is 12.1 Å². The molecule has 0 saturated heterocycles. The Hall–Kier alpha value is -2.20. The molecule has 0 saturated carbocycles. The van der Waals surface area contributed by atoms with Gasteiger partial charge in [-0.3, -0.25) is 18.5 Å². The zero-order valence-corrected chi connectivity index (χ0v) is 12.5. The first kappa shape index (κ1) is 17.2. The summed E-state index contributed by atoms with van der Waals surface area (Å²) in [5.74, 6) is -1.61. The van der Waals surface area contributed by atoms with E-state index in [2.05, 4.69) is 5.10 Å². The van der Waals surface area contributed by atoms with Gasteiger partial charge in [-0.05, 0) is 17.7 Å². The van der Waals surface area contributed by atoms with Gasteiger partial charge in [0.1, 0.15) is 5.56 Å². The fourth-order valence-electron chi connectivity index (χ4n) is 2.01. The summed E-state index contributed by atoms with van der Waals surface area (Å²) in [4.78, 5) is 24.1. The maximum absolute atomic E-state index is 12.7. The molecule has 2 aromatic rings. The van der Waals surface area contributed by atoms with Crippen LogP contribution in [0, 0.1) is 0 Å². The molecule has 1 aromatic carbocycles. The predicted molar refractivity (Wildman–Crippen MR) is 73.5 cm³/mol. The number of hydrogen-bond donors (Lipinski definition) is 1. The molecule has 0 aliphatic carbocycles.